The number of carbonyl (C=O) groups is 1. The summed E-state index contributed by atoms with van der Waals surface area (Å²) in [7, 11) is 3.04. The van der Waals surface area contributed by atoms with E-state index in [0.29, 0.717) is 0 Å². The van der Waals surface area contributed by atoms with Gasteiger partial charge in [-0.2, -0.15) is 13.2 Å². The van der Waals surface area contributed by atoms with Gasteiger partial charge in [-0.3, -0.25) is 4.79 Å². The molecule has 1 rings (SSSR count). The normalized spacial score (nSPS) is 20.9. The van der Waals surface area contributed by atoms with Gasteiger partial charge in [0.05, 0.1) is 5.41 Å². The SMILES string of the molecule is CN(C)C(=O)C([NH3+])CC1(C(F)(F)F)CC1. The third-order valence-corrected chi connectivity index (χ3v) is 2.88. The van der Waals surface area contributed by atoms with E-state index in [2.05, 4.69) is 5.73 Å². The lowest BCUT2D eigenvalue weighted by Crippen LogP contribution is -2.68. The number of likely N-dealkylation sites (N-methyl/N-ethyl adjacent to an activating group) is 1. The molecule has 0 aromatic heterocycles. The first-order chi connectivity index (χ1) is 6.69. The van der Waals surface area contributed by atoms with Crippen LogP contribution in [0.1, 0.15) is 19.3 Å². The molecule has 0 aromatic rings. The van der Waals surface area contributed by atoms with Crippen LogP contribution in [0.5, 0.6) is 0 Å². The zero-order valence-electron chi connectivity index (χ0n) is 8.90. The smallest absolute Gasteiger partial charge is 0.347 e. The molecule has 0 heterocycles. The van der Waals surface area contributed by atoms with Gasteiger partial charge < -0.3 is 10.6 Å². The van der Waals surface area contributed by atoms with E-state index < -0.39 is 17.6 Å². The Hall–Kier alpha value is -0.780. The summed E-state index contributed by atoms with van der Waals surface area (Å²) in [5.41, 5.74) is 1.87. The van der Waals surface area contributed by atoms with Gasteiger partial charge in [-0.1, -0.05) is 0 Å². The molecule has 1 amide bonds. The van der Waals surface area contributed by atoms with Gasteiger partial charge in [-0.05, 0) is 12.8 Å². The fourth-order valence-electron chi connectivity index (χ4n) is 1.68. The molecule has 15 heavy (non-hydrogen) atoms. The zero-order valence-corrected chi connectivity index (χ0v) is 8.90. The summed E-state index contributed by atoms with van der Waals surface area (Å²) >= 11 is 0. The van der Waals surface area contributed by atoms with Crippen LogP contribution in [0.25, 0.3) is 0 Å². The molecule has 0 aromatic carbocycles. The highest BCUT2D eigenvalue weighted by Gasteiger charge is 2.64. The van der Waals surface area contributed by atoms with E-state index in [1.54, 1.807) is 0 Å². The highest BCUT2D eigenvalue weighted by Crippen LogP contribution is 2.60. The van der Waals surface area contributed by atoms with E-state index in [9.17, 15) is 18.0 Å². The lowest BCUT2D eigenvalue weighted by molar-refractivity contribution is -0.413. The van der Waals surface area contributed by atoms with Crippen molar-refractivity contribution in [2.75, 3.05) is 14.1 Å². The predicted octanol–water partition coefficient (Wildman–Crippen LogP) is 0.418. The van der Waals surface area contributed by atoms with E-state index in [-0.39, 0.29) is 25.2 Å². The Balaban J connectivity index is 2.60. The maximum atomic E-state index is 12.6. The van der Waals surface area contributed by atoms with Crippen LogP contribution < -0.4 is 5.73 Å². The van der Waals surface area contributed by atoms with Crippen molar-refractivity contribution in [3.05, 3.63) is 0 Å². The van der Waals surface area contributed by atoms with Crippen molar-refractivity contribution in [1.29, 1.82) is 0 Å². The fraction of sp³-hybridized carbons (Fsp3) is 0.889. The minimum Gasteiger partial charge on any atom is -0.347 e. The van der Waals surface area contributed by atoms with E-state index in [1.165, 1.54) is 19.0 Å². The van der Waals surface area contributed by atoms with Crippen LogP contribution in [0, 0.1) is 5.41 Å². The summed E-state index contributed by atoms with van der Waals surface area (Å²) in [6, 6.07) is -0.802. The van der Waals surface area contributed by atoms with E-state index in [0.717, 1.165) is 0 Å². The maximum absolute atomic E-state index is 12.6. The van der Waals surface area contributed by atoms with Gasteiger partial charge in [-0.25, -0.2) is 0 Å². The van der Waals surface area contributed by atoms with Crippen molar-refractivity contribution < 1.29 is 23.7 Å². The summed E-state index contributed by atoms with van der Waals surface area (Å²) in [5.74, 6) is -0.342. The number of nitrogens with zero attached hydrogens (tertiary/aromatic N) is 1. The molecule has 88 valence electrons. The van der Waals surface area contributed by atoms with Crippen LogP contribution in [0.4, 0.5) is 13.2 Å². The lowest BCUT2D eigenvalue weighted by Gasteiger charge is -2.22. The Morgan fingerprint density at radius 1 is 1.47 bits per heavy atom. The fourth-order valence-corrected chi connectivity index (χ4v) is 1.68. The molecule has 1 saturated carbocycles. The molecule has 1 aliphatic carbocycles. The predicted molar refractivity (Wildman–Crippen MR) is 47.7 cm³/mol. The number of hydrogen-bond donors (Lipinski definition) is 1. The van der Waals surface area contributed by atoms with E-state index >= 15 is 0 Å². The Morgan fingerprint density at radius 3 is 2.20 bits per heavy atom. The van der Waals surface area contributed by atoms with Crippen LogP contribution in [0.15, 0.2) is 0 Å². The third-order valence-electron chi connectivity index (χ3n) is 2.88. The summed E-state index contributed by atoms with van der Waals surface area (Å²) in [6.45, 7) is 0. The highest BCUT2D eigenvalue weighted by molar-refractivity contribution is 5.79. The van der Waals surface area contributed by atoms with Crippen molar-refractivity contribution in [1.82, 2.24) is 4.90 Å². The van der Waals surface area contributed by atoms with Crippen LogP contribution >= 0.6 is 0 Å². The molecule has 1 atom stereocenters. The maximum Gasteiger partial charge on any atom is 0.394 e. The second-order valence-electron chi connectivity index (χ2n) is 4.41. The van der Waals surface area contributed by atoms with Gasteiger partial charge in [0, 0.05) is 20.5 Å². The molecule has 0 saturated heterocycles. The van der Waals surface area contributed by atoms with Crippen molar-refractivity contribution in [2.24, 2.45) is 5.41 Å². The van der Waals surface area contributed by atoms with Gasteiger partial charge >= 0.3 is 6.18 Å². The number of quaternary nitrogens is 1. The lowest BCUT2D eigenvalue weighted by atomic mass is 9.96. The molecule has 1 aliphatic rings. The molecule has 1 unspecified atom stereocenters. The summed E-state index contributed by atoms with van der Waals surface area (Å²) < 4.78 is 37.7. The van der Waals surface area contributed by atoms with Crippen LogP contribution in [0.2, 0.25) is 0 Å². The number of alkyl halides is 3. The summed E-state index contributed by atoms with van der Waals surface area (Å²) in [4.78, 5) is 12.7. The van der Waals surface area contributed by atoms with Crippen LogP contribution in [-0.4, -0.2) is 37.1 Å². The molecule has 0 aliphatic heterocycles. The average Bonchev–Trinajstić information content (AvgIpc) is 2.82. The monoisotopic (exact) mass is 225 g/mol. The Kier molecular flexibility index (Phi) is 3.00. The van der Waals surface area contributed by atoms with Crippen molar-refractivity contribution in [2.45, 2.75) is 31.5 Å². The third kappa shape index (κ3) is 2.42. The van der Waals surface area contributed by atoms with Crippen molar-refractivity contribution in [3.8, 4) is 0 Å². The van der Waals surface area contributed by atoms with Crippen molar-refractivity contribution >= 4 is 5.91 Å². The molecule has 0 bridgehead atoms. The topological polar surface area (TPSA) is 48.0 Å². The standard InChI is InChI=1S/C9H15F3N2O/c1-14(2)7(15)6(13)5-8(3-4-8)9(10,11)12/h6H,3-5,13H2,1-2H3/p+1. The molecule has 0 spiro atoms. The van der Waals surface area contributed by atoms with Crippen LogP contribution in [-0.2, 0) is 4.79 Å². The minimum atomic E-state index is -4.20. The summed E-state index contributed by atoms with van der Waals surface area (Å²) in [6.07, 6.45) is -4.13. The zero-order chi connectivity index (χ0) is 11.9. The van der Waals surface area contributed by atoms with E-state index in [4.69, 9.17) is 0 Å². The van der Waals surface area contributed by atoms with E-state index in [1.807, 2.05) is 0 Å². The molecular weight excluding hydrogens is 209 g/mol. The molecule has 0 radical (unpaired) electrons. The number of halogens is 3. The average molecular weight is 225 g/mol. The van der Waals surface area contributed by atoms with Gasteiger partial charge in [-0.15, -0.1) is 0 Å². The van der Waals surface area contributed by atoms with Gasteiger partial charge in [0.2, 0.25) is 0 Å². The molecule has 3 nitrogen and oxygen atoms in total. The van der Waals surface area contributed by atoms with Crippen molar-refractivity contribution in [3.63, 3.8) is 0 Å². The highest BCUT2D eigenvalue weighted by atomic mass is 19.4. The Morgan fingerprint density at radius 2 is 1.93 bits per heavy atom. The van der Waals surface area contributed by atoms with Gasteiger partial charge in [0.25, 0.3) is 5.91 Å². The van der Waals surface area contributed by atoms with Gasteiger partial charge in [0.15, 0.2) is 6.04 Å². The molecular formula is C9H16F3N2O+. The minimum absolute atomic E-state index is 0.128. The Labute approximate surface area is 86.4 Å². The first-order valence-electron chi connectivity index (χ1n) is 4.80. The van der Waals surface area contributed by atoms with Gasteiger partial charge in [0.1, 0.15) is 0 Å². The number of hydrogen-bond acceptors (Lipinski definition) is 1. The number of carbonyl (C=O) groups excluding carboxylic acids is 1. The van der Waals surface area contributed by atoms with Crippen LogP contribution in [0.3, 0.4) is 0 Å². The second-order valence-corrected chi connectivity index (χ2v) is 4.41. The number of rotatable bonds is 3. The first kappa shape index (κ1) is 12.3. The summed E-state index contributed by atoms with van der Waals surface area (Å²) in [5, 5.41) is 0. The second kappa shape index (κ2) is 3.66. The first-order valence-corrected chi connectivity index (χ1v) is 4.80. The Bertz CT molecular complexity index is 259. The molecule has 3 N–H and O–H groups in total. The largest absolute Gasteiger partial charge is 0.394 e. The molecule has 1 fully saturated rings. The molecule has 6 heteroatoms. The quantitative estimate of drug-likeness (QED) is 0.743. The number of amides is 1.